The van der Waals surface area contributed by atoms with Gasteiger partial charge in [0, 0.05) is 17.0 Å². The van der Waals surface area contributed by atoms with Gasteiger partial charge >= 0.3 is 0 Å². The van der Waals surface area contributed by atoms with Crippen LogP contribution in [0.2, 0.25) is 0 Å². The van der Waals surface area contributed by atoms with Crippen LogP contribution in [0.15, 0.2) is 29.2 Å². The summed E-state index contributed by atoms with van der Waals surface area (Å²) in [6.07, 6.45) is 0. The number of nitrogens with zero attached hydrogens (tertiary/aromatic N) is 1. The molecule has 0 atom stereocenters. The van der Waals surface area contributed by atoms with Gasteiger partial charge in [-0.05, 0) is 12.1 Å². The molecule has 5 nitrogen and oxygen atoms in total. The molecule has 0 aliphatic rings. The highest BCUT2D eigenvalue weighted by atomic mass is 35.5. The molecule has 0 heterocycles. The summed E-state index contributed by atoms with van der Waals surface area (Å²) in [5, 5.41) is 10.2. The minimum Gasteiger partial charge on any atom is -0.258 e. The second-order valence-corrected chi connectivity index (χ2v) is 2.87. The summed E-state index contributed by atoms with van der Waals surface area (Å²) in [5.74, 6) is 0. The first-order valence-corrected chi connectivity index (χ1v) is 4.15. The van der Waals surface area contributed by atoms with Gasteiger partial charge in [0.05, 0.1) is 17.0 Å². The Kier molecular flexibility index (Phi) is 3.97. The second-order valence-electron chi connectivity index (χ2n) is 1.97. The molecule has 70 valence electrons. The lowest BCUT2D eigenvalue weighted by Crippen LogP contribution is -1.86. The van der Waals surface area contributed by atoms with Crippen LogP contribution in [0, 0.1) is 10.1 Å². The van der Waals surface area contributed by atoms with E-state index in [4.69, 9.17) is 11.9 Å². The van der Waals surface area contributed by atoms with E-state index in [-0.39, 0.29) is 5.69 Å². The van der Waals surface area contributed by atoms with Crippen molar-refractivity contribution in [1.29, 1.82) is 0 Å². The first-order chi connectivity index (χ1) is 6.24. The fourth-order valence-electron chi connectivity index (χ4n) is 0.676. The van der Waals surface area contributed by atoms with E-state index in [2.05, 4.69) is 8.77 Å². The molecule has 1 aromatic carbocycles. The zero-order chi connectivity index (χ0) is 9.68. The van der Waals surface area contributed by atoms with Crippen LogP contribution < -0.4 is 0 Å². The number of halogens is 1. The molecule has 1 rings (SSSR count). The van der Waals surface area contributed by atoms with E-state index < -0.39 is 4.92 Å². The van der Waals surface area contributed by atoms with Crippen molar-refractivity contribution in [3.63, 3.8) is 0 Å². The van der Waals surface area contributed by atoms with E-state index in [0.29, 0.717) is 4.90 Å². The van der Waals surface area contributed by atoms with Gasteiger partial charge < -0.3 is 0 Å². The summed E-state index contributed by atoms with van der Waals surface area (Å²) in [4.78, 5) is 10.4. The fraction of sp³-hybridized carbons (Fsp3) is 0. The maximum Gasteiger partial charge on any atom is 0.269 e. The second kappa shape index (κ2) is 5.03. The zero-order valence-corrected chi connectivity index (χ0v) is 7.75. The molecule has 0 radical (unpaired) electrons. The molecule has 0 saturated heterocycles. The van der Waals surface area contributed by atoms with E-state index in [1.165, 1.54) is 24.3 Å². The lowest BCUT2D eigenvalue weighted by molar-refractivity contribution is -0.384. The maximum atomic E-state index is 10.2. The molecule has 0 aromatic heterocycles. The van der Waals surface area contributed by atoms with Crippen molar-refractivity contribution in [2.45, 2.75) is 4.90 Å². The van der Waals surface area contributed by atoms with Gasteiger partial charge in [-0.3, -0.25) is 10.1 Å². The van der Waals surface area contributed by atoms with E-state index in [1.807, 2.05) is 0 Å². The summed E-state index contributed by atoms with van der Waals surface area (Å²) in [5.41, 5.74) is 0.0242. The van der Waals surface area contributed by atoms with Crippen LogP contribution in [0.3, 0.4) is 0 Å². The lowest BCUT2D eigenvalue weighted by Gasteiger charge is -1.95. The molecule has 0 N–H and O–H groups in total. The Morgan fingerprint density at radius 3 is 2.46 bits per heavy atom. The van der Waals surface area contributed by atoms with Crippen LogP contribution in [0.25, 0.3) is 0 Å². The smallest absolute Gasteiger partial charge is 0.258 e. The monoisotopic (exact) mass is 221 g/mol. The van der Waals surface area contributed by atoms with Gasteiger partial charge in [0.25, 0.3) is 5.69 Å². The van der Waals surface area contributed by atoms with E-state index in [1.54, 1.807) is 0 Å². The Hall–Kier alpha value is -0.820. The van der Waals surface area contributed by atoms with Gasteiger partial charge in [0.2, 0.25) is 0 Å². The lowest BCUT2D eigenvalue weighted by atomic mass is 10.3. The van der Waals surface area contributed by atoms with Crippen LogP contribution in [0.5, 0.6) is 0 Å². The number of nitro groups is 1. The van der Waals surface area contributed by atoms with Gasteiger partial charge in [0.1, 0.15) is 11.9 Å². The molecular weight excluding hydrogens is 218 g/mol. The standard InChI is InChI=1S/C6H4ClNO4S/c7-11-12-13-6-3-1-5(2-4-6)8(9)10/h1-4H. The Bertz CT molecular complexity index is 291. The molecular formula is C6H4ClNO4S. The first kappa shape index (κ1) is 10.3. The molecule has 0 bridgehead atoms. The molecule has 1 aromatic rings. The van der Waals surface area contributed by atoms with Gasteiger partial charge in [0.15, 0.2) is 0 Å². The maximum absolute atomic E-state index is 10.2. The summed E-state index contributed by atoms with van der Waals surface area (Å²) in [7, 11) is 0. The Morgan fingerprint density at radius 2 is 2.00 bits per heavy atom. The fourth-order valence-corrected chi connectivity index (χ4v) is 1.10. The van der Waals surface area contributed by atoms with Crippen molar-refractivity contribution < 1.29 is 13.7 Å². The van der Waals surface area contributed by atoms with Crippen molar-refractivity contribution in [3.8, 4) is 0 Å². The van der Waals surface area contributed by atoms with E-state index >= 15 is 0 Å². The summed E-state index contributed by atoms with van der Waals surface area (Å²) in [6, 6.07) is 5.78. The van der Waals surface area contributed by atoms with Crippen LogP contribution in [0.1, 0.15) is 0 Å². The van der Waals surface area contributed by atoms with E-state index in [9.17, 15) is 10.1 Å². The molecule has 0 amide bonds. The van der Waals surface area contributed by atoms with Gasteiger partial charge in [-0.25, -0.2) is 0 Å². The highest BCUT2D eigenvalue weighted by Crippen LogP contribution is 2.22. The molecule has 13 heavy (non-hydrogen) atoms. The number of hydrogen-bond donors (Lipinski definition) is 0. The number of non-ortho nitro benzene ring substituents is 1. The molecule has 0 fully saturated rings. The molecule has 0 aliphatic carbocycles. The van der Waals surface area contributed by atoms with Crippen LogP contribution in [0.4, 0.5) is 5.69 Å². The third-order valence-electron chi connectivity index (χ3n) is 1.20. The normalized spacial score (nSPS) is 9.92. The van der Waals surface area contributed by atoms with Crippen molar-refractivity contribution in [3.05, 3.63) is 34.4 Å². The SMILES string of the molecule is O=[N+]([O-])c1ccc(SOOCl)cc1. The highest BCUT2D eigenvalue weighted by molar-refractivity contribution is 7.94. The predicted molar refractivity (Wildman–Crippen MR) is 47.0 cm³/mol. The number of hydrogen-bond acceptors (Lipinski definition) is 5. The highest BCUT2D eigenvalue weighted by Gasteiger charge is 2.04. The molecule has 0 saturated carbocycles. The summed E-state index contributed by atoms with van der Waals surface area (Å²) >= 11 is 5.65. The molecule has 7 heteroatoms. The number of nitro benzene ring substituents is 1. The van der Waals surface area contributed by atoms with Gasteiger partial charge in [-0.15, -0.1) is 8.77 Å². The largest absolute Gasteiger partial charge is 0.269 e. The Morgan fingerprint density at radius 1 is 1.38 bits per heavy atom. The van der Waals surface area contributed by atoms with Gasteiger partial charge in [-0.1, -0.05) is 0 Å². The Labute approximate surface area is 83.0 Å². The summed E-state index contributed by atoms with van der Waals surface area (Å²) < 4.78 is 8.16. The molecule has 0 aliphatic heterocycles. The average Bonchev–Trinajstić information content (AvgIpc) is 2.15. The van der Waals surface area contributed by atoms with Gasteiger partial charge in [-0.2, -0.15) is 0 Å². The third kappa shape index (κ3) is 3.19. The molecule has 0 unspecified atom stereocenters. The zero-order valence-electron chi connectivity index (χ0n) is 6.18. The number of rotatable bonds is 4. The topological polar surface area (TPSA) is 61.6 Å². The minimum absolute atomic E-state index is 0.0242. The van der Waals surface area contributed by atoms with Crippen molar-refractivity contribution >= 4 is 29.6 Å². The van der Waals surface area contributed by atoms with Crippen molar-refractivity contribution in [1.82, 2.24) is 0 Å². The third-order valence-corrected chi connectivity index (χ3v) is 1.94. The minimum atomic E-state index is -0.479. The van der Waals surface area contributed by atoms with Crippen molar-refractivity contribution in [2.75, 3.05) is 0 Å². The summed E-state index contributed by atoms with van der Waals surface area (Å²) in [6.45, 7) is 0. The average molecular weight is 222 g/mol. The van der Waals surface area contributed by atoms with Crippen molar-refractivity contribution in [2.24, 2.45) is 0 Å². The Balaban J connectivity index is 2.64. The molecule has 0 spiro atoms. The first-order valence-electron chi connectivity index (χ1n) is 3.10. The van der Waals surface area contributed by atoms with Crippen LogP contribution in [-0.2, 0) is 8.77 Å². The quantitative estimate of drug-likeness (QED) is 0.339. The number of benzene rings is 1. The van der Waals surface area contributed by atoms with E-state index in [0.717, 1.165) is 12.0 Å². The predicted octanol–water partition coefficient (Wildman–Crippen LogP) is 2.70. The van der Waals surface area contributed by atoms with Crippen LogP contribution in [-0.4, -0.2) is 4.92 Å². The van der Waals surface area contributed by atoms with Crippen LogP contribution >= 0.6 is 23.9 Å².